The molecule has 2 heterocycles. The summed E-state index contributed by atoms with van der Waals surface area (Å²) in [7, 11) is 0. The van der Waals surface area contributed by atoms with Crippen molar-refractivity contribution in [3.63, 3.8) is 0 Å². The first-order chi connectivity index (χ1) is 11.2. The molecule has 116 valence electrons. The van der Waals surface area contributed by atoms with Gasteiger partial charge in [0.05, 0.1) is 16.6 Å². The van der Waals surface area contributed by atoms with E-state index in [-0.39, 0.29) is 5.69 Å². The minimum Gasteiger partial charge on any atom is -0.368 e. The van der Waals surface area contributed by atoms with Crippen molar-refractivity contribution in [1.29, 1.82) is 5.26 Å². The van der Waals surface area contributed by atoms with Crippen LogP contribution in [-0.4, -0.2) is 41.1 Å². The first-order valence-corrected chi connectivity index (χ1v) is 7.14. The van der Waals surface area contributed by atoms with Crippen molar-refractivity contribution in [3.8, 4) is 6.07 Å². The standard InChI is InChI=1S/C15H14N6O2/c16-9-12-1-3-13(4-2-12)19-5-7-20(8-6-19)15-17-10-14(11-18-15)21(22)23/h1-4,10-11H,5-8H2. The molecule has 3 rings (SSSR count). The van der Waals surface area contributed by atoms with Gasteiger partial charge in [-0.15, -0.1) is 0 Å². The van der Waals surface area contributed by atoms with Crippen molar-refractivity contribution >= 4 is 17.3 Å². The van der Waals surface area contributed by atoms with Crippen LogP contribution in [0.1, 0.15) is 5.56 Å². The molecule has 0 aliphatic carbocycles. The molecule has 1 aromatic carbocycles. The smallest absolute Gasteiger partial charge is 0.305 e. The summed E-state index contributed by atoms with van der Waals surface area (Å²) in [5, 5.41) is 19.4. The molecule has 23 heavy (non-hydrogen) atoms. The van der Waals surface area contributed by atoms with Gasteiger partial charge in [-0.05, 0) is 24.3 Å². The van der Waals surface area contributed by atoms with Crippen LogP contribution < -0.4 is 9.80 Å². The number of nitrogens with zero attached hydrogens (tertiary/aromatic N) is 6. The van der Waals surface area contributed by atoms with Crippen molar-refractivity contribution in [2.24, 2.45) is 0 Å². The average Bonchev–Trinajstić information content (AvgIpc) is 2.62. The third-order valence-corrected chi connectivity index (χ3v) is 3.76. The van der Waals surface area contributed by atoms with Gasteiger partial charge in [-0.25, -0.2) is 9.97 Å². The molecule has 1 aliphatic rings. The van der Waals surface area contributed by atoms with Crippen molar-refractivity contribution in [3.05, 3.63) is 52.3 Å². The third kappa shape index (κ3) is 3.18. The predicted octanol–water partition coefficient (Wildman–Crippen LogP) is 1.58. The number of hydrogen-bond donors (Lipinski definition) is 0. The van der Waals surface area contributed by atoms with Crippen LogP contribution in [0.25, 0.3) is 0 Å². The van der Waals surface area contributed by atoms with Crippen LogP contribution in [0.4, 0.5) is 17.3 Å². The first-order valence-electron chi connectivity index (χ1n) is 7.14. The molecule has 0 N–H and O–H groups in total. The van der Waals surface area contributed by atoms with E-state index in [1.54, 1.807) is 12.1 Å². The Balaban J connectivity index is 1.63. The van der Waals surface area contributed by atoms with Crippen molar-refractivity contribution in [1.82, 2.24) is 9.97 Å². The fourth-order valence-corrected chi connectivity index (χ4v) is 2.48. The fraction of sp³-hybridized carbons (Fsp3) is 0.267. The minimum absolute atomic E-state index is 0.107. The molecule has 1 fully saturated rings. The third-order valence-electron chi connectivity index (χ3n) is 3.76. The van der Waals surface area contributed by atoms with Gasteiger partial charge in [-0.3, -0.25) is 10.1 Å². The monoisotopic (exact) mass is 310 g/mol. The number of benzene rings is 1. The first kappa shape index (κ1) is 14.7. The lowest BCUT2D eigenvalue weighted by Gasteiger charge is -2.36. The zero-order valence-corrected chi connectivity index (χ0v) is 12.3. The van der Waals surface area contributed by atoms with Crippen LogP contribution in [0, 0.1) is 21.4 Å². The molecule has 0 unspecified atom stereocenters. The highest BCUT2D eigenvalue weighted by Crippen LogP contribution is 2.19. The van der Waals surface area contributed by atoms with E-state index in [0.717, 1.165) is 31.9 Å². The molecule has 1 saturated heterocycles. The Morgan fingerprint density at radius 2 is 1.61 bits per heavy atom. The predicted molar refractivity (Wildman–Crippen MR) is 84.3 cm³/mol. The lowest BCUT2D eigenvalue weighted by molar-refractivity contribution is -0.385. The van der Waals surface area contributed by atoms with Gasteiger partial charge >= 0.3 is 5.69 Å². The highest BCUT2D eigenvalue weighted by atomic mass is 16.6. The molecule has 0 bridgehead atoms. The normalized spacial score (nSPS) is 14.4. The van der Waals surface area contributed by atoms with Gasteiger partial charge < -0.3 is 9.80 Å². The quantitative estimate of drug-likeness (QED) is 0.627. The number of hydrogen-bond acceptors (Lipinski definition) is 7. The Bertz CT molecular complexity index is 730. The van der Waals surface area contributed by atoms with Crippen LogP contribution in [0.15, 0.2) is 36.7 Å². The van der Waals surface area contributed by atoms with E-state index >= 15 is 0 Å². The van der Waals surface area contributed by atoms with E-state index in [4.69, 9.17) is 5.26 Å². The maximum Gasteiger partial charge on any atom is 0.305 e. The zero-order chi connectivity index (χ0) is 16.2. The highest BCUT2D eigenvalue weighted by Gasteiger charge is 2.20. The highest BCUT2D eigenvalue weighted by molar-refractivity contribution is 5.51. The molecule has 0 atom stereocenters. The Labute approximate surface area is 132 Å². The van der Waals surface area contributed by atoms with E-state index in [2.05, 4.69) is 20.9 Å². The Morgan fingerprint density at radius 3 is 2.13 bits per heavy atom. The number of anilines is 2. The summed E-state index contributed by atoms with van der Waals surface area (Å²) >= 11 is 0. The topological polar surface area (TPSA) is 99.2 Å². The minimum atomic E-state index is -0.507. The van der Waals surface area contributed by atoms with Gasteiger partial charge in [0, 0.05) is 31.9 Å². The van der Waals surface area contributed by atoms with Gasteiger partial charge in [-0.2, -0.15) is 5.26 Å². The lowest BCUT2D eigenvalue weighted by atomic mass is 10.2. The van der Waals surface area contributed by atoms with Crippen LogP contribution in [0.3, 0.4) is 0 Å². The summed E-state index contributed by atoms with van der Waals surface area (Å²) in [4.78, 5) is 22.5. The molecule has 1 aliphatic heterocycles. The van der Waals surface area contributed by atoms with Crippen molar-refractivity contribution in [2.45, 2.75) is 0 Å². The van der Waals surface area contributed by atoms with Gasteiger partial charge in [0.1, 0.15) is 12.4 Å². The summed E-state index contributed by atoms with van der Waals surface area (Å²) in [5.41, 5.74) is 1.62. The van der Waals surface area contributed by atoms with Gasteiger partial charge in [0.25, 0.3) is 0 Å². The number of nitro groups is 1. The maximum absolute atomic E-state index is 10.6. The second-order valence-corrected chi connectivity index (χ2v) is 5.13. The van der Waals surface area contributed by atoms with E-state index in [9.17, 15) is 10.1 Å². The fourth-order valence-electron chi connectivity index (χ4n) is 2.48. The van der Waals surface area contributed by atoms with Crippen molar-refractivity contribution < 1.29 is 4.92 Å². The summed E-state index contributed by atoms with van der Waals surface area (Å²) in [6.07, 6.45) is 2.46. The Hall–Kier alpha value is -3.21. The summed E-state index contributed by atoms with van der Waals surface area (Å²) in [6, 6.07) is 9.60. The van der Waals surface area contributed by atoms with E-state index in [0.29, 0.717) is 11.5 Å². The Morgan fingerprint density at radius 1 is 1.04 bits per heavy atom. The average molecular weight is 310 g/mol. The number of aromatic nitrogens is 2. The number of nitriles is 1. The number of rotatable bonds is 3. The Kier molecular flexibility index (Phi) is 4.01. The molecule has 0 amide bonds. The summed E-state index contributed by atoms with van der Waals surface area (Å²) < 4.78 is 0. The van der Waals surface area contributed by atoms with Crippen molar-refractivity contribution in [2.75, 3.05) is 36.0 Å². The van der Waals surface area contributed by atoms with Gasteiger partial charge in [-0.1, -0.05) is 0 Å². The van der Waals surface area contributed by atoms with E-state index < -0.39 is 4.92 Å². The van der Waals surface area contributed by atoms with Gasteiger partial charge in [0.2, 0.25) is 5.95 Å². The molecule has 0 radical (unpaired) electrons. The van der Waals surface area contributed by atoms with Crippen LogP contribution in [0.2, 0.25) is 0 Å². The van der Waals surface area contributed by atoms with Crippen LogP contribution in [0.5, 0.6) is 0 Å². The molecular weight excluding hydrogens is 296 g/mol. The largest absolute Gasteiger partial charge is 0.368 e. The number of piperazine rings is 1. The SMILES string of the molecule is N#Cc1ccc(N2CCN(c3ncc([N+](=O)[O-])cn3)CC2)cc1. The molecule has 8 nitrogen and oxygen atoms in total. The van der Waals surface area contributed by atoms with E-state index in [1.165, 1.54) is 12.4 Å². The molecule has 1 aromatic heterocycles. The summed E-state index contributed by atoms with van der Waals surface area (Å²) in [6.45, 7) is 3.06. The molecule has 2 aromatic rings. The lowest BCUT2D eigenvalue weighted by Crippen LogP contribution is -2.47. The second-order valence-electron chi connectivity index (χ2n) is 5.13. The zero-order valence-electron chi connectivity index (χ0n) is 12.3. The maximum atomic E-state index is 10.6. The molecule has 8 heteroatoms. The van der Waals surface area contributed by atoms with E-state index in [1.807, 2.05) is 17.0 Å². The molecular formula is C15H14N6O2. The van der Waals surface area contributed by atoms with Crippen LogP contribution >= 0.6 is 0 Å². The molecule has 0 saturated carbocycles. The van der Waals surface area contributed by atoms with Gasteiger partial charge in [0.15, 0.2) is 0 Å². The second kappa shape index (κ2) is 6.27. The van der Waals surface area contributed by atoms with Crippen LogP contribution in [-0.2, 0) is 0 Å². The molecule has 0 spiro atoms. The summed E-state index contributed by atoms with van der Waals surface area (Å²) in [5.74, 6) is 0.509.